The summed E-state index contributed by atoms with van der Waals surface area (Å²) in [5, 5.41) is 11.3. The standard InChI is InChI=1S/C38H22N6O/c39-20-24-8-7-13-27(18-24)29-15-17-32(41-21-29)38-43-36(26-11-5-2-6-12-26)42-37(44-38)28-14-16-30-33(19-28)45-34-23-40-22-31(35(30)34)25-9-3-1-4-10-25/h1-19,21-23H. The number of aromatic nitrogens is 5. The van der Waals surface area contributed by atoms with Gasteiger partial charge in [0.15, 0.2) is 23.1 Å². The summed E-state index contributed by atoms with van der Waals surface area (Å²) in [5.74, 6) is 1.51. The van der Waals surface area contributed by atoms with Gasteiger partial charge in [-0.3, -0.25) is 9.97 Å². The summed E-state index contributed by atoms with van der Waals surface area (Å²) in [6.07, 6.45) is 5.40. The van der Waals surface area contributed by atoms with Gasteiger partial charge in [0.25, 0.3) is 0 Å². The first-order valence-electron chi connectivity index (χ1n) is 14.4. The zero-order valence-corrected chi connectivity index (χ0v) is 23.8. The van der Waals surface area contributed by atoms with Gasteiger partial charge in [0.05, 0.1) is 17.8 Å². The van der Waals surface area contributed by atoms with Crippen LogP contribution in [0.1, 0.15) is 5.56 Å². The molecule has 0 aliphatic rings. The molecule has 0 aliphatic carbocycles. The first kappa shape index (κ1) is 26.1. The molecule has 7 nitrogen and oxygen atoms in total. The second-order valence-electron chi connectivity index (χ2n) is 10.5. The van der Waals surface area contributed by atoms with Crippen molar-refractivity contribution in [1.29, 1.82) is 5.26 Å². The lowest BCUT2D eigenvalue weighted by Gasteiger charge is -2.09. The highest BCUT2D eigenvalue weighted by atomic mass is 16.3. The van der Waals surface area contributed by atoms with Gasteiger partial charge in [0, 0.05) is 45.4 Å². The van der Waals surface area contributed by atoms with Crippen molar-refractivity contribution in [3.63, 3.8) is 0 Å². The van der Waals surface area contributed by atoms with Crippen LogP contribution in [0.15, 0.2) is 138 Å². The second kappa shape index (κ2) is 11.0. The Kier molecular flexibility index (Phi) is 6.36. The maximum atomic E-state index is 9.30. The van der Waals surface area contributed by atoms with E-state index >= 15 is 0 Å². The summed E-state index contributed by atoms with van der Waals surface area (Å²) >= 11 is 0. The lowest BCUT2D eigenvalue weighted by atomic mass is 10.0. The van der Waals surface area contributed by atoms with Crippen molar-refractivity contribution in [1.82, 2.24) is 24.9 Å². The fourth-order valence-corrected chi connectivity index (χ4v) is 5.51. The van der Waals surface area contributed by atoms with Crippen molar-refractivity contribution in [2.45, 2.75) is 0 Å². The van der Waals surface area contributed by atoms with E-state index in [9.17, 15) is 5.26 Å². The predicted molar refractivity (Wildman–Crippen MR) is 175 cm³/mol. The van der Waals surface area contributed by atoms with Crippen LogP contribution in [0.4, 0.5) is 0 Å². The largest absolute Gasteiger partial charge is 0.454 e. The Morgan fingerprint density at radius 1 is 0.533 bits per heavy atom. The molecule has 4 heterocycles. The lowest BCUT2D eigenvalue weighted by Crippen LogP contribution is -2.01. The molecule has 0 saturated heterocycles. The Morgan fingerprint density at radius 3 is 2.00 bits per heavy atom. The molecule has 45 heavy (non-hydrogen) atoms. The number of rotatable bonds is 5. The van der Waals surface area contributed by atoms with Crippen LogP contribution in [-0.4, -0.2) is 24.9 Å². The summed E-state index contributed by atoms with van der Waals surface area (Å²) in [6, 6.07) is 39.5. The molecule has 7 heteroatoms. The Balaban J connectivity index is 1.24. The summed E-state index contributed by atoms with van der Waals surface area (Å²) < 4.78 is 6.31. The maximum Gasteiger partial charge on any atom is 0.182 e. The van der Waals surface area contributed by atoms with E-state index in [4.69, 9.17) is 24.4 Å². The Hall–Kier alpha value is -6.52. The molecular weight excluding hydrogens is 556 g/mol. The third-order valence-corrected chi connectivity index (χ3v) is 7.71. The van der Waals surface area contributed by atoms with Crippen LogP contribution in [-0.2, 0) is 0 Å². The Morgan fingerprint density at radius 2 is 1.24 bits per heavy atom. The second-order valence-corrected chi connectivity index (χ2v) is 10.5. The average molecular weight is 579 g/mol. The van der Waals surface area contributed by atoms with Crippen LogP contribution in [0, 0.1) is 11.3 Å². The van der Waals surface area contributed by atoms with Crippen molar-refractivity contribution >= 4 is 21.9 Å². The van der Waals surface area contributed by atoms with Gasteiger partial charge >= 0.3 is 0 Å². The fraction of sp³-hybridized carbons (Fsp3) is 0. The third kappa shape index (κ3) is 4.86. The molecular formula is C38H22N6O. The number of furan rings is 1. The molecule has 0 spiro atoms. The van der Waals surface area contributed by atoms with Crippen LogP contribution in [0.2, 0.25) is 0 Å². The predicted octanol–water partition coefficient (Wildman–Crippen LogP) is 8.77. The number of nitrogens with zero attached hydrogens (tertiary/aromatic N) is 6. The van der Waals surface area contributed by atoms with Crippen molar-refractivity contribution in [3.05, 3.63) is 139 Å². The first-order chi connectivity index (χ1) is 22.2. The topological polar surface area (TPSA) is 101 Å². The van der Waals surface area contributed by atoms with Crippen LogP contribution < -0.4 is 0 Å². The molecule has 210 valence electrons. The number of fused-ring (bicyclic) bond motifs is 3. The summed E-state index contributed by atoms with van der Waals surface area (Å²) in [4.78, 5) is 23.7. The van der Waals surface area contributed by atoms with E-state index in [1.165, 1.54) is 0 Å². The molecule has 0 fully saturated rings. The number of benzene rings is 4. The highest BCUT2D eigenvalue weighted by molar-refractivity contribution is 6.12. The lowest BCUT2D eigenvalue weighted by molar-refractivity contribution is 0.667. The highest BCUT2D eigenvalue weighted by Gasteiger charge is 2.17. The summed E-state index contributed by atoms with van der Waals surface area (Å²) in [6.45, 7) is 0. The van der Waals surface area contributed by atoms with Gasteiger partial charge in [-0.25, -0.2) is 15.0 Å². The Bertz CT molecular complexity index is 2380. The molecule has 0 aliphatic heterocycles. The van der Waals surface area contributed by atoms with Crippen LogP contribution in [0.25, 0.3) is 78.5 Å². The molecule has 4 aromatic heterocycles. The van der Waals surface area contributed by atoms with Crippen molar-refractivity contribution in [2.75, 3.05) is 0 Å². The molecule has 0 unspecified atom stereocenters. The van der Waals surface area contributed by atoms with Crippen LogP contribution in [0.5, 0.6) is 0 Å². The minimum absolute atomic E-state index is 0.455. The quantitative estimate of drug-likeness (QED) is 0.201. The van der Waals surface area contributed by atoms with E-state index in [1.807, 2.05) is 97.2 Å². The van der Waals surface area contributed by atoms with Gasteiger partial charge in [0.2, 0.25) is 0 Å². The Labute approximate surface area is 258 Å². The normalized spacial score (nSPS) is 11.1. The van der Waals surface area contributed by atoms with E-state index < -0.39 is 0 Å². The molecule has 0 saturated carbocycles. The number of pyridine rings is 2. The van der Waals surface area contributed by atoms with Gasteiger partial charge in [0.1, 0.15) is 11.3 Å². The van der Waals surface area contributed by atoms with E-state index in [0.29, 0.717) is 28.7 Å². The van der Waals surface area contributed by atoms with Gasteiger partial charge in [-0.15, -0.1) is 0 Å². The van der Waals surface area contributed by atoms with Gasteiger partial charge in [-0.05, 0) is 41.5 Å². The zero-order valence-electron chi connectivity index (χ0n) is 23.8. The molecule has 8 aromatic rings. The van der Waals surface area contributed by atoms with E-state index in [-0.39, 0.29) is 0 Å². The highest BCUT2D eigenvalue weighted by Crippen LogP contribution is 2.37. The zero-order chi connectivity index (χ0) is 30.2. The fourth-order valence-electron chi connectivity index (χ4n) is 5.51. The smallest absolute Gasteiger partial charge is 0.182 e. The number of hydrogen-bond acceptors (Lipinski definition) is 7. The van der Waals surface area contributed by atoms with Crippen LogP contribution >= 0.6 is 0 Å². The van der Waals surface area contributed by atoms with Crippen molar-refractivity contribution in [2.24, 2.45) is 0 Å². The monoisotopic (exact) mass is 578 g/mol. The van der Waals surface area contributed by atoms with Gasteiger partial charge < -0.3 is 4.42 Å². The molecule has 0 bridgehead atoms. The molecule has 8 rings (SSSR count). The summed E-state index contributed by atoms with van der Waals surface area (Å²) in [7, 11) is 0. The number of hydrogen-bond donors (Lipinski definition) is 0. The SMILES string of the molecule is N#Cc1cccc(-c2ccc(-c3nc(-c4ccccc4)nc(-c4ccc5c(c4)oc4cncc(-c6ccccc6)c45)n3)nc2)c1. The molecule has 0 amide bonds. The van der Waals surface area contributed by atoms with Crippen molar-refractivity contribution in [3.8, 4) is 62.6 Å². The molecule has 0 N–H and O–H groups in total. The first-order valence-corrected chi connectivity index (χ1v) is 14.4. The third-order valence-electron chi connectivity index (χ3n) is 7.71. The molecule has 0 atom stereocenters. The van der Waals surface area contributed by atoms with Crippen LogP contribution in [0.3, 0.4) is 0 Å². The number of nitriles is 1. The van der Waals surface area contributed by atoms with E-state index in [0.717, 1.165) is 55.3 Å². The maximum absolute atomic E-state index is 9.30. The van der Waals surface area contributed by atoms with Crippen molar-refractivity contribution < 1.29 is 4.42 Å². The average Bonchev–Trinajstić information content (AvgIpc) is 3.50. The minimum atomic E-state index is 0.455. The molecule has 0 radical (unpaired) electrons. The minimum Gasteiger partial charge on any atom is -0.454 e. The molecule has 4 aromatic carbocycles. The summed E-state index contributed by atoms with van der Waals surface area (Å²) in [5.41, 5.74) is 8.21. The van der Waals surface area contributed by atoms with Gasteiger partial charge in [-0.1, -0.05) is 84.9 Å². The van der Waals surface area contributed by atoms with Gasteiger partial charge in [-0.2, -0.15) is 5.26 Å². The van der Waals surface area contributed by atoms with E-state index in [1.54, 1.807) is 18.5 Å². The van der Waals surface area contributed by atoms with E-state index in [2.05, 4.69) is 29.3 Å².